The third-order valence-electron chi connectivity index (χ3n) is 12.0. The Kier molecular flexibility index (Phi) is 35.9. The summed E-state index contributed by atoms with van der Waals surface area (Å²) >= 11 is 0. The summed E-state index contributed by atoms with van der Waals surface area (Å²) in [6, 6.07) is 0. The Morgan fingerprint density at radius 2 is 1.16 bits per heavy atom. The van der Waals surface area contributed by atoms with E-state index in [4.69, 9.17) is 67.2 Å². The minimum Gasteiger partial charge on any atom is -0.446 e. The van der Waals surface area contributed by atoms with Gasteiger partial charge in [-0.25, -0.2) is 23.6 Å². The molecule has 85 heavy (non-hydrogen) atoms. The van der Waals surface area contributed by atoms with Crippen LogP contribution in [0.5, 0.6) is 5.75 Å². The largest absolute Gasteiger partial charge is 0.446 e. The molecule has 4 rings (SSSR count). The number of benzene rings is 1. The van der Waals surface area contributed by atoms with Crippen molar-refractivity contribution in [2.75, 3.05) is 158 Å². The Labute approximate surface area is 491 Å². The molecule has 1 fully saturated rings. The lowest BCUT2D eigenvalue weighted by molar-refractivity contribution is -0.181. The van der Waals surface area contributed by atoms with E-state index in [1.807, 2.05) is 6.92 Å². The van der Waals surface area contributed by atoms with Crippen LogP contribution in [0.25, 0.3) is 6.08 Å². The highest BCUT2D eigenvalue weighted by atomic mass is 32.2. The molecule has 5 N–H and O–H groups in total. The van der Waals surface area contributed by atoms with Crippen LogP contribution in [0.2, 0.25) is 0 Å². The number of carbonyl (C=O) groups excluding carboxylic acids is 4. The van der Waals surface area contributed by atoms with Crippen LogP contribution in [0.4, 0.5) is 28.0 Å². The summed E-state index contributed by atoms with van der Waals surface area (Å²) < 4.78 is 152. The van der Waals surface area contributed by atoms with Gasteiger partial charge in [0.15, 0.2) is 16.5 Å². The lowest BCUT2D eigenvalue weighted by Crippen LogP contribution is -2.38. The molecule has 2 aliphatic rings. The summed E-state index contributed by atoms with van der Waals surface area (Å²) in [5, 5.41) is 11.4. The fraction of sp³-hybridized carbons (Fsp3) is 0.698. The van der Waals surface area contributed by atoms with Crippen molar-refractivity contribution >= 4 is 51.6 Å². The molecule has 0 atom stereocenters. The zero-order valence-corrected chi connectivity index (χ0v) is 48.8. The first-order valence-electron chi connectivity index (χ1n) is 28.2. The van der Waals surface area contributed by atoms with Gasteiger partial charge in [0.05, 0.1) is 157 Å². The van der Waals surface area contributed by atoms with E-state index < -0.39 is 62.5 Å². The maximum Gasteiger partial charge on any atom is 0.407 e. The molecule has 0 spiro atoms. The average molecular weight is 1240 g/mol. The fourth-order valence-corrected chi connectivity index (χ4v) is 8.10. The number of esters is 1. The molecule has 1 aromatic heterocycles. The van der Waals surface area contributed by atoms with Gasteiger partial charge in [0.2, 0.25) is 23.3 Å². The molecule has 0 radical (unpaired) electrons. The van der Waals surface area contributed by atoms with Gasteiger partial charge in [0.1, 0.15) is 17.6 Å². The van der Waals surface area contributed by atoms with Gasteiger partial charge in [-0.05, 0) is 51.0 Å². The number of fused-ring (bicyclic) bond motifs is 1. The predicted octanol–water partition coefficient (Wildman–Crippen LogP) is 3.75. The zero-order chi connectivity index (χ0) is 61.5. The summed E-state index contributed by atoms with van der Waals surface area (Å²) in [6.07, 6.45) is 8.51. The molecule has 1 aromatic carbocycles. The van der Waals surface area contributed by atoms with Crippen LogP contribution in [0.3, 0.4) is 0 Å². The first kappa shape index (κ1) is 72.0. The number of nitrogens with two attached hydrogens (primary N) is 1. The van der Waals surface area contributed by atoms with Crippen LogP contribution < -0.4 is 21.1 Å². The van der Waals surface area contributed by atoms with E-state index >= 15 is 0 Å². The number of rotatable bonds is 49. The second-order valence-corrected chi connectivity index (χ2v) is 20.0. The smallest absolute Gasteiger partial charge is 0.407 e. The molecule has 1 aliphatic heterocycles. The lowest BCUT2D eigenvalue weighted by Gasteiger charge is -2.25. The number of hydroxylamine groups is 2. The average Bonchev–Trinajstić information content (AvgIpc) is 3.37. The molecule has 32 heteroatoms. The van der Waals surface area contributed by atoms with E-state index in [-0.39, 0.29) is 89.4 Å². The third kappa shape index (κ3) is 29.2. The van der Waals surface area contributed by atoms with Crippen molar-refractivity contribution in [1.82, 2.24) is 25.5 Å². The number of alkyl carbamates (subject to hydrolysis) is 1. The summed E-state index contributed by atoms with van der Waals surface area (Å²) in [6.45, 7) is 9.46. The Balaban J connectivity index is 0.844. The topological polar surface area (TPSA) is 326 Å². The SMILES string of the molecule is CCCN(OCCNC(=O)OC1CCC1)C(=O)C1=Cc2c(cnn2CCCCCNC(=O)CCOCCOCCOCCOCCOCCOCCOCCOCCOCCOCCC(=O)Oc2c(F)c(F)c(S(=O)(=O)O)c(F)c2F)N=C(N)C1. The molecular weight excluding hydrogens is 1160 g/mol. The first-order chi connectivity index (χ1) is 41.1. The van der Waals surface area contributed by atoms with Crippen LogP contribution in [0.1, 0.15) is 76.8 Å². The van der Waals surface area contributed by atoms with E-state index in [1.54, 1.807) is 17.0 Å². The molecule has 0 bridgehead atoms. The van der Waals surface area contributed by atoms with Gasteiger partial charge in [0.25, 0.3) is 5.91 Å². The van der Waals surface area contributed by atoms with Gasteiger partial charge in [-0.1, -0.05) is 6.92 Å². The maximum atomic E-state index is 14.0. The number of carbonyl (C=O) groups is 4. The Morgan fingerprint density at radius 1 is 0.671 bits per heavy atom. The van der Waals surface area contributed by atoms with E-state index in [2.05, 4.69) is 25.5 Å². The van der Waals surface area contributed by atoms with Crippen molar-refractivity contribution in [2.45, 2.75) is 88.7 Å². The number of aliphatic imine (C=N–C) groups is 1. The van der Waals surface area contributed by atoms with E-state index in [1.165, 1.54) is 5.06 Å². The first-order valence-corrected chi connectivity index (χ1v) is 29.6. The number of nitrogens with zero attached hydrogens (tertiary/aromatic N) is 4. The predicted molar refractivity (Wildman–Crippen MR) is 292 cm³/mol. The van der Waals surface area contributed by atoms with Gasteiger partial charge in [-0.3, -0.25) is 28.5 Å². The highest BCUT2D eigenvalue weighted by molar-refractivity contribution is 7.85. The molecule has 482 valence electrons. The van der Waals surface area contributed by atoms with Crippen LogP contribution >= 0.6 is 0 Å². The van der Waals surface area contributed by atoms with Crippen molar-refractivity contribution in [2.24, 2.45) is 10.7 Å². The number of aryl methyl sites for hydroxylation is 1. The fourth-order valence-electron chi connectivity index (χ4n) is 7.47. The quantitative estimate of drug-likeness (QED) is 0.0139. The Morgan fingerprint density at radius 3 is 1.64 bits per heavy atom. The van der Waals surface area contributed by atoms with Gasteiger partial charge >= 0.3 is 22.2 Å². The van der Waals surface area contributed by atoms with Gasteiger partial charge in [-0.2, -0.15) is 22.3 Å². The van der Waals surface area contributed by atoms with E-state index in [0.29, 0.717) is 136 Å². The maximum absolute atomic E-state index is 14.0. The molecule has 3 amide bonds. The summed E-state index contributed by atoms with van der Waals surface area (Å²) in [4.78, 5) is 57.8. The van der Waals surface area contributed by atoms with Crippen molar-refractivity contribution < 1.29 is 111 Å². The number of hydrogen-bond acceptors (Lipinski definition) is 22. The number of nitrogens with one attached hydrogen (secondary N) is 2. The van der Waals surface area contributed by atoms with Crippen molar-refractivity contribution in [3.05, 3.63) is 40.7 Å². The molecular formula is C53H81F4N7O20S. The third-order valence-corrected chi connectivity index (χ3v) is 12.9. The molecule has 2 heterocycles. The molecule has 27 nitrogen and oxygen atoms in total. The summed E-state index contributed by atoms with van der Waals surface area (Å²) in [7, 11) is -5.65. The van der Waals surface area contributed by atoms with Crippen molar-refractivity contribution in [3.63, 3.8) is 0 Å². The summed E-state index contributed by atoms with van der Waals surface area (Å²) in [5.41, 5.74) is 7.86. The minimum atomic E-state index is -5.65. The number of aromatic nitrogens is 2. The Hall–Kier alpha value is -5.49. The molecule has 0 unspecified atom stereocenters. The van der Waals surface area contributed by atoms with Crippen LogP contribution in [0.15, 0.2) is 21.7 Å². The normalized spacial score (nSPS) is 13.4. The second kappa shape index (κ2) is 42.4. The monoisotopic (exact) mass is 1240 g/mol. The number of amides is 3. The minimum absolute atomic E-state index is 0.0148. The van der Waals surface area contributed by atoms with Gasteiger partial charge in [-0.15, -0.1) is 0 Å². The number of halogens is 4. The van der Waals surface area contributed by atoms with Crippen molar-refractivity contribution in [1.29, 1.82) is 0 Å². The summed E-state index contributed by atoms with van der Waals surface area (Å²) in [5.74, 6) is -12.8. The van der Waals surface area contributed by atoms with Gasteiger partial charge < -0.3 is 73.2 Å². The highest BCUT2D eigenvalue weighted by Gasteiger charge is 2.34. The van der Waals surface area contributed by atoms with Crippen LogP contribution in [0, 0.1) is 23.3 Å². The van der Waals surface area contributed by atoms with E-state index in [0.717, 1.165) is 38.5 Å². The van der Waals surface area contributed by atoms with Crippen LogP contribution in [-0.2, 0) is 88.0 Å². The van der Waals surface area contributed by atoms with E-state index in [9.17, 15) is 45.2 Å². The Bertz CT molecular complexity index is 2460. The molecule has 2 aromatic rings. The number of hydrogen-bond donors (Lipinski definition) is 4. The van der Waals surface area contributed by atoms with Gasteiger partial charge in [0, 0.05) is 44.6 Å². The zero-order valence-electron chi connectivity index (χ0n) is 48.0. The molecule has 0 saturated heterocycles. The number of amidine groups is 1. The standard InChI is InChI=1S/C53H81F4N7O20S/c1-2-13-64(82-17-12-60-53(68)83-40-7-6-8-40)52(67)39-36-42-41(62-43(58)37-39)38-61-63(42)14-5-3-4-11-59-44(65)9-15-72-18-20-74-22-24-76-26-28-78-30-32-80-34-35-81-33-31-79-29-27-77-25-23-75-21-19-73-16-10-45(66)84-50-46(54)48(56)51(85(69,70)71)49(57)47(50)55/h36,38,40H,2-35,37H2,1H3,(H2,58,62)(H,59,65)(H,60,68)(H,69,70,71). The molecule has 1 aliphatic carbocycles. The molecule has 1 saturated carbocycles. The number of unbranched alkanes of at least 4 members (excludes halogenated alkanes) is 2. The number of ether oxygens (including phenoxy) is 12. The highest BCUT2D eigenvalue weighted by Crippen LogP contribution is 2.33. The second-order valence-electron chi connectivity index (χ2n) is 18.6. The van der Waals surface area contributed by atoms with Crippen molar-refractivity contribution in [3.8, 4) is 5.75 Å². The lowest BCUT2D eigenvalue weighted by atomic mass is 9.96. The van der Waals surface area contributed by atoms with Crippen LogP contribution in [-0.4, -0.2) is 222 Å².